The highest BCUT2D eigenvalue weighted by Crippen LogP contribution is 2.08. The zero-order valence-corrected chi connectivity index (χ0v) is 7.74. The third-order valence-corrected chi connectivity index (χ3v) is 1.55. The van der Waals surface area contributed by atoms with Gasteiger partial charge in [0, 0.05) is 0 Å². The monoisotopic (exact) mass is 198 g/mol. The third kappa shape index (κ3) is 2.28. The van der Waals surface area contributed by atoms with Crippen LogP contribution in [0.1, 0.15) is 13.8 Å². The fourth-order valence-corrected chi connectivity index (χ4v) is 0.718. The van der Waals surface area contributed by atoms with Crippen LogP contribution in [0.5, 0.6) is 0 Å². The van der Waals surface area contributed by atoms with Crippen LogP contribution in [0.2, 0.25) is 0 Å². The predicted molar refractivity (Wildman–Crippen MR) is 48.0 cm³/mol. The number of aromatic nitrogens is 3. The predicted octanol–water partition coefficient (Wildman–Crippen LogP) is -0.560. The minimum absolute atomic E-state index is 0.0809. The molecule has 0 unspecified atom stereocenters. The Bertz CT molecular complexity index is 398. The molecular weight excluding hydrogens is 188 g/mol. The van der Waals surface area contributed by atoms with E-state index in [1.165, 1.54) is 13.8 Å². The van der Waals surface area contributed by atoms with Crippen LogP contribution in [-0.2, 0) is 4.79 Å². The number of nitrogens with zero attached hydrogens (tertiary/aromatic N) is 2. The Kier molecular flexibility index (Phi) is 2.50. The first kappa shape index (κ1) is 10.2. The average Bonchev–Trinajstić information content (AvgIpc) is 2.02. The average molecular weight is 198 g/mol. The molecule has 0 aliphatic rings. The SMILES string of the molecule is CC(C)(Nc1ncnc(=O)[nH]1)C(=O)O. The molecule has 1 aromatic heterocycles. The Hall–Kier alpha value is -1.92. The van der Waals surface area contributed by atoms with Gasteiger partial charge in [-0.2, -0.15) is 4.98 Å². The molecule has 0 aliphatic carbocycles. The number of carboxylic acids is 1. The van der Waals surface area contributed by atoms with Crippen molar-refractivity contribution >= 4 is 11.9 Å². The quantitative estimate of drug-likeness (QED) is 0.600. The lowest BCUT2D eigenvalue weighted by atomic mass is 10.1. The van der Waals surface area contributed by atoms with Crippen molar-refractivity contribution in [2.45, 2.75) is 19.4 Å². The summed E-state index contributed by atoms with van der Waals surface area (Å²) in [5, 5.41) is 11.3. The molecule has 3 N–H and O–H groups in total. The maximum absolute atomic E-state index is 10.8. The number of rotatable bonds is 3. The second kappa shape index (κ2) is 3.44. The van der Waals surface area contributed by atoms with Gasteiger partial charge in [0.15, 0.2) is 0 Å². The van der Waals surface area contributed by atoms with E-state index in [0.717, 1.165) is 6.33 Å². The van der Waals surface area contributed by atoms with Crippen molar-refractivity contribution in [1.82, 2.24) is 15.0 Å². The highest BCUT2D eigenvalue weighted by atomic mass is 16.4. The number of aromatic amines is 1. The number of carbonyl (C=O) groups is 1. The maximum Gasteiger partial charge on any atom is 0.349 e. The lowest BCUT2D eigenvalue weighted by molar-refractivity contribution is -0.141. The molecule has 76 valence electrons. The van der Waals surface area contributed by atoms with Crippen molar-refractivity contribution in [2.75, 3.05) is 5.32 Å². The Labute approximate surface area is 79.2 Å². The normalized spacial score (nSPS) is 11.0. The summed E-state index contributed by atoms with van der Waals surface area (Å²) in [6, 6.07) is 0. The van der Waals surface area contributed by atoms with E-state index in [9.17, 15) is 9.59 Å². The van der Waals surface area contributed by atoms with E-state index >= 15 is 0 Å². The van der Waals surface area contributed by atoms with E-state index in [-0.39, 0.29) is 5.95 Å². The van der Waals surface area contributed by atoms with Crippen molar-refractivity contribution in [3.05, 3.63) is 16.8 Å². The van der Waals surface area contributed by atoms with Gasteiger partial charge >= 0.3 is 11.7 Å². The topological polar surface area (TPSA) is 108 Å². The fourth-order valence-electron chi connectivity index (χ4n) is 0.718. The van der Waals surface area contributed by atoms with Gasteiger partial charge in [-0.3, -0.25) is 4.98 Å². The standard InChI is InChI=1S/C7H10N4O3/c1-7(2,4(12)13)11-5-8-3-9-6(14)10-5/h3H,1-2H3,(H,12,13)(H2,8,9,10,11,14). The minimum Gasteiger partial charge on any atom is -0.480 e. The molecule has 0 radical (unpaired) electrons. The van der Waals surface area contributed by atoms with E-state index in [0.29, 0.717) is 0 Å². The van der Waals surface area contributed by atoms with Gasteiger partial charge in [0.25, 0.3) is 0 Å². The van der Waals surface area contributed by atoms with Crippen molar-refractivity contribution in [2.24, 2.45) is 0 Å². The maximum atomic E-state index is 10.8. The number of H-pyrrole nitrogens is 1. The number of anilines is 1. The summed E-state index contributed by atoms with van der Waals surface area (Å²) in [5.74, 6) is -0.964. The van der Waals surface area contributed by atoms with E-state index < -0.39 is 17.2 Å². The van der Waals surface area contributed by atoms with Gasteiger partial charge in [-0.1, -0.05) is 0 Å². The van der Waals surface area contributed by atoms with Crippen LogP contribution < -0.4 is 11.0 Å². The molecule has 0 aliphatic heterocycles. The smallest absolute Gasteiger partial charge is 0.349 e. The van der Waals surface area contributed by atoms with Gasteiger partial charge in [-0.15, -0.1) is 0 Å². The molecule has 1 rings (SSSR count). The Morgan fingerprint density at radius 2 is 2.21 bits per heavy atom. The molecule has 1 heterocycles. The molecule has 0 saturated carbocycles. The molecule has 0 saturated heterocycles. The highest BCUT2D eigenvalue weighted by Gasteiger charge is 2.27. The molecular formula is C7H10N4O3. The lowest BCUT2D eigenvalue weighted by Crippen LogP contribution is -2.41. The van der Waals surface area contributed by atoms with E-state index in [1.54, 1.807) is 0 Å². The van der Waals surface area contributed by atoms with Gasteiger partial charge in [-0.05, 0) is 13.8 Å². The lowest BCUT2D eigenvalue weighted by Gasteiger charge is -2.20. The molecule has 0 amide bonds. The van der Waals surface area contributed by atoms with Crippen LogP contribution >= 0.6 is 0 Å². The van der Waals surface area contributed by atoms with E-state index in [2.05, 4.69) is 20.3 Å². The first-order valence-electron chi connectivity index (χ1n) is 3.85. The molecule has 14 heavy (non-hydrogen) atoms. The molecule has 7 nitrogen and oxygen atoms in total. The molecule has 0 aromatic carbocycles. The Morgan fingerprint density at radius 3 is 2.71 bits per heavy atom. The second-order valence-corrected chi connectivity index (χ2v) is 3.21. The first-order valence-corrected chi connectivity index (χ1v) is 3.85. The summed E-state index contributed by atoms with van der Waals surface area (Å²) in [4.78, 5) is 30.7. The molecule has 0 spiro atoms. The van der Waals surface area contributed by atoms with Gasteiger partial charge in [-0.25, -0.2) is 14.6 Å². The highest BCUT2D eigenvalue weighted by molar-refractivity contribution is 5.80. The molecule has 1 aromatic rings. The van der Waals surface area contributed by atoms with Crippen LogP contribution in [0.3, 0.4) is 0 Å². The Balaban J connectivity index is 2.89. The summed E-state index contributed by atoms with van der Waals surface area (Å²) in [6.45, 7) is 2.91. The number of nitrogens with one attached hydrogen (secondary N) is 2. The van der Waals surface area contributed by atoms with Crippen molar-refractivity contribution in [1.29, 1.82) is 0 Å². The third-order valence-electron chi connectivity index (χ3n) is 1.55. The molecule has 0 atom stereocenters. The number of carboxylic acid groups (broad SMARTS) is 1. The van der Waals surface area contributed by atoms with Crippen LogP contribution in [0.4, 0.5) is 5.95 Å². The first-order chi connectivity index (χ1) is 6.42. The number of aliphatic carboxylic acids is 1. The fraction of sp³-hybridized carbons (Fsp3) is 0.429. The van der Waals surface area contributed by atoms with Gasteiger partial charge in [0.05, 0.1) is 0 Å². The van der Waals surface area contributed by atoms with Crippen LogP contribution in [0.15, 0.2) is 11.1 Å². The van der Waals surface area contributed by atoms with E-state index in [1.807, 2.05) is 0 Å². The van der Waals surface area contributed by atoms with E-state index in [4.69, 9.17) is 5.11 Å². The molecule has 7 heteroatoms. The Morgan fingerprint density at radius 1 is 1.57 bits per heavy atom. The van der Waals surface area contributed by atoms with Crippen molar-refractivity contribution in [3.63, 3.8) is 0 Å². The van der Waals surface area contributed by atoms with Gasteiger partial charge in [0.2, 0.25) is 5.95 Å². The summed E-state index contributed by atoms with van der Waals surface area (Å²) in [5.41, 5.74) is -1.78. The largest absolute Gasteiger partial charge is 0.480 e. The minimum atomic E-state index is -1.20. The number of hydrogen-bond donors (Lipinski definition) is 3. The zero-order valence-electron chi connectivity index (χ0n) is 7.74. The van der Waals surface area contributed by atoms with Gasteiger partial charge < -0.3 is 10.4 Å². The number of hydrogen-bond acceptors (Lipinski definition) is 5. The zero-order chi connectivity index (χ0) is 10.8. The second-order valence-electron chi connectivity index (χ2n) is 3.21. The molecule has 0 fully saturated rings. The summed E-state index contributed by atoms with van der Waals surface area (Å²) < 4.78 is 0. The summed E-state index contributed by atoms with van der Waals surface area (Å²) in [6.07, 6.45) is 1.05. The van der Waals surface area contributed by atoms with Crippen LogP contribution in [0, 0.1) is 0 Å². The van der Waals surface area contributed by atoms with Crippen LogP contribution in [-0.4, -0.2) is 31.6 Å². The van der Waals surface area contributed by atoms with Crippen molar-refractivity contribution < 1.29 is 9.90 Å². The van der Waals surface area contributed by atoms with Gasteiger partial charge in [0.1, 0.15) is 11.9 Å². The summed E-state index contributed by atoms with van der Waals surface area (Å²) >= 11 is 0. The van der Waals surface area contributed by atoms with Crippen LogP contribution in [0.25, 0.3) is 0 Å². The summed E-state index contributed by atoms with van der Waals surface area (Å²) in [7, 11) is 0. The van der Waals surface area contributed by atoms with Crippen molar-refractivity contribution in [3.8, 4) is 0 Å². The molecule has 0 bridgehead atoms.